The van der Waals surface area contributed by atoms with Crippen molar-refractivity contribution in [2.24, 2.45) is 0 Å². The lowest BCUT2D eigenvalue weighted by molar-refractivity contribution is -0.142. The van der Waals surface area contributed by atoms with E-state index in [9.17, 15) is 15.0 Å². The molecule has 1 fully saturated rings. The van der Waals surface area contributed by atoms with E-state index in [4.69, 9.17) is 9.84 Å². The van der Waals surface area contributed by atoms with Crippen molar-refractivity contribution in [3.8, 4) is 11.5 Å². The van der Waals surface area contributed by atoms with E-state index in [1.807, 2.05) is 6.92 Å². The van der Waals surface area contributed by atoms with Gasteiger partial charge < -0.3 is 20.1 Å². The third-order valence-electron chi connectivity index (χ3n) is 3.53. The van der Waals surface area contributed by atoms with Crippen molar-refractivity contribution in [3.05, 3.63) is 23.8 Å². The first kappa shape index (κ1) is 14.6. The number of nitrogens with zero attached hydrogens (tertiary/aromatic N) is 1. The Hall–Kier alpha value is -1.79. The van der Waals surface area contributed by atoms with Crippen LogP contribution in [0.3, 0.4) is 0 Å². The highest BCUT2D eigenvalue weighted by atomic mass is 16.5. The third-order valence-corrected chi connectivity index (χ3v) is 3.53. The average Bonchev–Trinajstić information content (AvgIpc) is 2.36. The Balaban J connectivity index is 2.07. The van der Waals surface area contributed by atoms with E-state index in [1.54, 1.807) is 12.1 Å². The van der Waals surface area contributed by atoms with E-state index in [2.05, 4.69) is 4.90 Å². The van der Waals surface area contributed by atoms with Gasteiger partial charge in [0, 0.05) is 25.2 Å². The molecule has 1 aromatic carbocycles. The first-order valence-electron chi connectivity index (χ1n) is 6.56. The summed E-state index contributed by atoms with van der Waals surface area (Å²) in [6.07, 6.45) is -0.344. The van der Waals surface area contributed by atoms with Crippen molar-refractivity contribution in [2.75, 3.05) is 19.7 Å². The standard InChI is InChI=1S/C14H19NO5/c1-9(10-4-11(16)6-12(17)5-10)15-2-3-20-13(8-15)7-14(18)19/h4-6,9,13,16-17H,2-3,7-8H2,1H3,(H,18,19). The van der Waals surface area contributed by atoms with Gasteiger partial charge in [0.25, 0.3) is 0 Å². The highest BCUT2D eigenvalue weighted by molar-refractivity contribution is 5.67. The van der Waals surface area contributed by atoms with Gasteiger partial charge in [0.2, 0.25) is 0 Å². The number of carboxylic acids is 1. The predicted molar refractivity (Wildman–Crippen MR) is 71.8 cm³/mol. The van der Waals surface area contributed by atoms with Crippen LogP contribution < -0.4 is 0 Å². The number of aliphatic carboxylic acids is 1. The van der Waals surface area contributed by atoms with Gasteiger partial charge in [-0.25, -0.2) is 0 Å². The number of rotatable bonds is 4. The number of phenolic OH excluding ortho intramolecular Hbond substituents is 2. The molecule has 0 bridgehead atoms. The molecule has 110 valence electrons. The Morgan fingerprint density at radius 2 is 2.05 bits per heavy atom. The number of carboxylic acid groups (broad SMARTS) is 1. The number of hydrogen-bond acceptors (Lipinski definition) is 5. The summed E-state index contributed by atoms with van der Waals surface area (Å²) in [4.78, 5) is 12.8. The summed E-state index contributed by atoms with van der Waals surface area (Å²) in [7, 11) is 0. The Bertz CT molecular complexity index is 470. The second-order valence-electron chi connectivity index (χ2n) is 5.04. The van der Waals surface area contributed by atoms with Crippen LogP contribution in [-0.4, -0.2) is 52.0 Å². The summed E-state index contributed by atoms with van der Waals surface area (Å²) in [5.41, 5.74) is 0.790. The zero-order valence-corrected chi connectivity index (χ0v) is 11.3. The van der Waals surface area contributed by atoms with Crippen LogP contribution >= 0.6 is 0 Å². The van der Waals surface area contributed by atoms with E-state index in [1.165, 1.54) is 6.07 Å². The largest absolute Gasteiger partial charge is 0.508 e. The van der Waals surface area contributed by atoms with Crippen molar-refractivity contribution in [1.29, 1.82) is 0 Å². The molecule has 1 aliphatic heterocycles. The predicted octanol–water partition coefficient (Wildman–Crippen LogP) is 1.33. The van der Waals surface area contributed by atoms with Crippen molar-refractivity contribution >= 4 is 5.97 Å². The summed E-state index contributed by atoms with van der Waals surface area (Å²) >= 11 is 0. The number of aromatic hydroxyl groups is 2. The van der Waals surface area contributed by atoms with Crippen LogP contribution in [0.1, 0.15) is 24.9 Å². The lowest BCUT2D eigenvalue weighted by Gasteiger charge is -2.36. The topological polar surface area (TPSA) is 90.2 Å². The Morgan fingerprint density at radius 3 is 2.65 bits per heavy atom. The number of benzene rings is 1. The Kier molecular flexibility index (Phi) is 4.46. The lowest BCUT2D eigenvalue weighted by Crippen LogP contribution is -2.44. The van der Waals surface area contributed by atoms with Gasteiger partial charge in [-0.15, -0.1) is 0 Å². The van der Waals surface area contributed by atoms with Gasteiger partial charge >= 0.3 is 5.97 Å². The fourth-order valence-electron chi connectivity index (χ4n) is 2.48. The number of phenols is 2. The van der Waals surface area contributed by atoms with Gasteiger partial charge in [0.1, 0.15) is 11.5 Å². The summed E-state index contributed by atoms with van der Waals surface area (Å²) in [5, 5.41) is 27.9. The molecular weight excluding hydrogens is 262 g/mol. The number of carbonyl (C=O) groups is 1. The van der Waals surface area contributed by atoms with Crippen molar-refractivity contribution in [2.45, 2.75) is 25.5 Å². The molecule has 2 unspecified atom stereocenters. The zero-order chi connectivity index (χ0) is 14.7. The summed E-state index contributed by atoms with van der Waals surface area (Å²) in [6.45, 7) is 3.64. The Morgan fingerprint density at radius 1 is 1.40 bits per heavy atom. The van der Waals surface area contributed by atoms with E-state index >= 15 is 0 Å². The van der Waals surface area contributed by atoms with E-state index in [0.29, 0.717) is 19.7 Å². The fourth-order valence-corrected chi connectivity index (χ4v) is 2.48. The van der Waals surface area contributed by atoms with Gasteiger partial charge in [-0.3, -0.25) is 9.69 Å². The lowest BCUT2D eigenvalue weighted by atomic mass is 10.0. The molecule has 0 amide bonds. The molecule has 0 aromatic heterocycles. The van der Waals surface area contributed by atoms with Crippen molar-refractivity contribution in [3.63, 3.8) is 0 Å². The van der Waals surface area contributed by atoms with E-state index in [0.717, 1.165) is 5.56 Å². The maximum absolute atomic E-state index is 10.7. The molecule has 0 saturated carbocycles. The molecule has 6 heteroatoms. The first-order chi connectivity index (χ1) is 9.45. The highest BCUT2D eigenvalue weighted by Crippen LogP contribution is 2.29. The first-order valence-corrected chi connectivity index (χ1v) is 6.56. The maximum Gasteiger partial charge on any atom is 0.306 e. The minimum atomic E-state index is -0.875. The van der Waals surface area contributed by atoms with Crippen LogP contribution in [0, 0.1) is 0 Å². The summed E-state index contributed by atoms with van der Waals surface area (Å²) in [5.74, 6) is -0.844. The van der Waals surface area contributed by atoms with Gasteiger partial charge in [0.15, 0.2) is 0 Å². The number of morpholine rings is 1. The normalized spacial score (nSPS) is 21.6. The SMILES string of the molecule is CC(c1cc(O)cc(O)c1)N1CCOC(CC(=O)O)C1. The minimum Gasteiger partial charge on any atom is -0.508 e. The summed E-state index contributed by atoms with van der Waals surface area (Å²) in [6, 6.07) is 4.45. The molecule has 0 radical (unpaired) electrons. The third kappa shape index (κ3) is 3.61. The molecule has 2 atom stereocenters. The van der Waals surface area contributed by atoms with Gasteiger partial charge in [-0.2, -0.15) is 0 Å². The smallest absolute Gasteiger partial charge is 0.306 e. The van der Waals surface area contributed by atoms with Gasteiger partial charge in [-0.05, 0) is 24.6 Å². The van der Waals surface area contributed by atoms with E-state index < -0.39 is 5.97 Å². The van der Waals surface area contributed by atoms with Gasteiger partial charge in [0.05, 0.1) is 19.1 Å². The zero-order valence-electron chi connectivity index (χ0n) is 11.3. The fraction of sp³-hybridized carbons (Fsp3) is 0.500. The number of ether oxygens (including phenoxy) is 1. The van der Waals surface area contributed by atoms with Crippen LogP contribution in [0.5, 0.6) is 11.5 Å². The maximum atomic E-state index is 10.7. The Labute approximate surface area is 117 Å². The molecule has 1 heterocycles. The van der Waals surface area contributed by atoms with Gasteiger partial charge in [-0.1, -0.05) is 0 Å². The molecule has 0 aliphatic carbocycles. The molecule has 1 aliphatic rings. The van der Waals surface area contributed by atoms with Crippen LogP contribution in [0.4, 0.5) is 0 Å². The molecule has 6 nitrogen and oxygen atoms in total. The quantitative estimate of drug-likeness (QED) is 0.771. The minimum absolute atomic E-state index is 0.0159. The van der Waals surface area contributed by atoms with Crippen LogP contribution in [-0.2, 0) is 9.53 Å². The second-order valence-corrected chi connectivity index (χ2v) is 5.04. The monoisotopic (exact) mass is 281 g/mol. The summed E-state index contributed by atoms with van der Waals surface area (Å²) < 4.78 is 5.43. The highest BCUT2D eigenvalue weighted by Gasteiger charge is 2.26. The molecular formula is C14H19NO5. The van der Waals surface area contributed by atoms with Crippen LogP contribution in [0.15, 0.2) is 18.2 Å². The molecule has 1 saturated heterocycles. The van der Waals surface area contributed by atoms with Crippen molar-refractivity contribution < 1.29 is 24.9 Å². The van der Waals surface area contributed by atoms with Crippen LogP contribution in [0.25, 0.3) is 0 Å². The molecule has 3 N–H and O–H groups in total. The molecule has 20 heavy (non-hydrogen) atoms. The average molecular weight is 281 g/mol. The van der Waals surface area contributed by atoms with Crippen LogP contribution in [0.2, 0.25) is 0 Å². The van der Waals surface area contributed by atoms with Crippen molar-refractivity contribution in [1.82, 2.24) is 4.90 Å². The molecule has 0 spiro atoms. The second kappa shape index (κ2) is 6.11. The molecule has 2 rings (SSSR count). The van der Waals surface area contributed by atoms with E-state index in [-0.39, 0.29) is 30.1 Å². The number of hydrogen-bond donors (Lipinski definition) is 3. The molecule has 1 aromatic rings.